The molecule has 0 saturated carbocycles. The lowest BCUT2D eigenvalue weighted by Crippen LogP contribution is -2.17. The predicted molar refractivity (Wildman–Crippen MR) is 97.9 cm³/mol. The van der Waals surface area contributed by atoms with Crippen LogP contribution in [0.4, 0.5) is 0 Å². The largest absolute Gasteiger partial charge is 0.316 e. The van der Waals surface area contributed by atoms with Crippen molar-refractivity contribution in [3.63, 3.8) is 0 Å². The molecule has 0 aliphatic rings. The maximum Gasteiger partial charge on any atom is 0.146 e. The van der Waals surface area contributed by atoms with Crippen molar-refractivity contribution in [2.75, 3.05) is 0 Å². The molecule has 0 aliphatic carbocycles. The number of hydrogen-bond donors (Lipinski definition) is 1. The Hall–Kier alpha value is -2.73. The van der Waals surface area contributed by atoms with Crippen LogP contribution in [0, 0.1) is 6.92 Å². The maximum absolute atomic E-state index is 4.47. The lowest BCUT2D eigenvalue weighted by molar-refractivity contribution is 0.593. The normalized spacial score (nSPS) is 10.9. The summed E-state index contributed by atoms with van der Waals surface area (Å²) in [5, 5.41) is 16.2. The maximum atomic E-state index is 4.47. The Morgan fingerprint density at radius 2 is 2.04 bits per heavy atom. The standard InChI is InChI=1S/C19H24N6/c1-3-10-25-14-18(16(2)23-25)12-20-13-19-22-21-15-24(19)11-9-17-7-5-4-6-8-17/h3-8,14-15,20H,1,9-13H2,2H3. The van der Waals surface area contributed by atoms with E-state index in [0.717, 1.165) is 37.6 Å². The molecular formula is C19H24N6. The first-order valence-electron chi connectivity index (χ1n) is 8.51. The van der Waals surface area contributed by atoms with E-state index < -0.39 is 0 Å². The van der Waals surface area contributed by atoms with Crippen molar-refractivity contribution < 1.29 is 0 Å². The highest BCUT2D eigenvalue weighted by atomic mass is 15.3. The molecule has 25 heavy (non-hydrogen) atoms. The molecular weight excluding hydrogens is 312 g/mol. The predicted octanol–water partition coefficient (Wildman–Crippen LogP) is 2.50. The third-order valence-corrected chi connectivity index (χ3v) is 4.14. The van der Waals surface area contributed by atoms with Gasteiger partial charge in [0.05, 0.1) is 18.8 Å². The van der Waals surface area contributed by atoms with Crippen molar-refractivity contribution >= 4 is 0 Å². The number of allylic oxidation sites excluding steroid dienone is 1. The Bertz CT molecular complexity index is 802. The Morgan fingerprint density at radius 3 is 2.84 bits per heavy atom. The fourth-order valence-corrected chi connectivity index (χ4v) is 2.76. The van der Waals surface area contributed by atoms with E-state index in [9.17, 15) is 0 Å². The summed E-state index contributed by atoms with van der Waals surface area (Å²) >= 11 is 0. The van der Waals surface area contributed by atoms with Gasteiger partial charge in [-0.3, -0.25) is 4.68 Å². The van der Waals surface area contributed by atoms with Crippen LogP contribution in [-0.4, -0.2) is 24.5 Å². The van der Waals surface area contributed by atoms with E-state index in [2.05, 4.69) is 62.2 Å². The zero-order chi connectivity index (χ0) is 17.5. The second kappa shape index (κ2) is 8.39. The van der Waals surface area contributed by atoms with Crippen LogP contribution in [0.1, 0.15) is 22.6 Å². The SMILES string of the molecule is C=CCn1cc(CNCc2nncn2CCc2ccccc2)c(C)n1. The Balaban J connectivity index is 1.52. The summed E-state index contributed by atoms with van der Waals surface area (Å²) in [5.41, 5.74) is 3.55. The number of aryl methyl sites for hydroxylation is 3. The molecule has 130 valence electrons. The van der Waals surface area contributed by atoms with E-state index in [-0.39, 0.29) is 0 Å². The van der Waals surface area contributed by atoms with E-state index in [1.807, 2.05) is 23.7 Å². The van der Waals surface area contributed by atoms with Crippen LogP contribution in [0.15, 0.2) is 55.5 Å². The lowest BCUT2D eigenvalue weighted by atomic mass is 10.1. The van der Waals surface area contributed by atoms with Crippen LogP contribution in [0.3, 0.4) is 0 Å². The molecule has 0 saturated heterocycles. The van der Waals surface area contributed by atoms with Gasteiger partial charge in [0.1, 0.15) is 12.2 Å². The average molecular weight is 336 g/mol. The zero-order valence-corrected chi connectivity index (χ0v) is 14.6. The van der Waals surface area contributed by atoms with Crippen molar-refractivity contribution in [3.8, 4) is 0 Å². The summed E-state index contributed by atoms with van der Waals surface area (Å²) < 4.78 is 4.01. The number of benzene rings is 1. The molecule has 3 rings (SSSR count). The van der Waals surface area contributed by atoms with Gasteiger partial charge in [0, 0.05) is 24.8 Å². The molecule has 2 heterocycles. The minimum absolute atomic E-state index is 0.681. The van der Waals surface area contributed by atoms with E-state index in [1.165, 1.54) is 11.1 Å². The number of rotatable bonds is 9. The minimum Gasteiger partial charge on any atom is -0.316 e. The summed E-state index contributed by atoms with van der Waals surface area (Å²) in [5.74, 6) is 0.951. The Kier molecular flexibility index (Phi) is 5.74. The molecule has 0 fully saturated rings. The minimum atomic E-state index is 0.681. The average Bonchev–Trinajstić information content (AvgIpc) is 3.21. The van der Waals surface area contributed by atoms with Crippen molar-refractivity contribution in [1.82, 2.24) is 29.9 Å². The van der Waals surface area contributed by atoms with Crippen LogP contribution >= 0.6 is 0 Å². The Morgan fingerprint density at radius 1 is 1.20 bits per heavy atom. The number of nitrogens with zero attached hydrogens (tertiary/aromatic N) is 5. The van der Waals surface area contributed by atoms with E-state index in [0.29, 0.717) is 6.54 Å². The van der Waals surface area contributed by atoms with Gasteiger partial charge in [-0.25, -0.2) is 0 Å². The van der Waals surface area contributed by atoms with E-state index in [4.69, 9.17) is 0 Å². The molecule has 0 unspecified atom stereocenters. The van der Waals surface area contributed by atoms with Gasteiger partial charge in [0.15, 0.2) is 0 Å². The van der Waals surface area contributed by atoms with Gasteiger partial charge >= 0.3 is 0 Å². The second-order valence-electron chi connectivity index (χ2n) is 6.03. The molecule has 0 spiro atoms. The summed E-state index contributed by atoms with van der Waals surface area (Å²) in [6, 6.07) is 10.5. The third kappa shape index (κ3) is 4.64. The van der Waals surface area contributed by atoms with Crippen LogP contribution in [0.2, 0.25) is 0 Å². The summed E-state index contributed by atoms with van der Waals surface area (Å²) in [6.45, 7) is 8.82. The van der Waals surface area contributed by atoms with Crippen molar-refractivity contribution in [1.29, 1.82) is 0 Å². The highest BCUT2D eigenvalue weighted by molar-refractivity contribution is 5.16. The van der Waals surface area contributed by atoms with Crippen LogP contribution < -0.4 is 5.32 Å². The smallest absolute Gasteiger partial charge is 0.146 e. The highest BCUT2D eigenvalue weighted by Crippen LogP contribution is 2.07. The van der Waals surface area contributed by atoms with E-state index >= 15 is 0 Å². The van der Waals surface area contributed by atoms with Crippen molar-refractivity contribution in [3.05, 3.63) is 78.2 Å². The van der Waals surface area contributed by atoms with Gasteiger partial charge in [0.25, 0.3) is 0 Å². The zero-order valence-electron chi connectivity index (χ0n) is 14.6. The first-order valence-corrected chi connectivity index (χ1v) is 8.51. The third-order valence-electron chi connectivity index (χ3n) is 4.14. The quantitative estimate of drug-likeness (QED) is 0.610. The molecule has 0 bridgehead atoms. The fraction of sp³-hybridized carbons (Fsp3) is 0.316. The summed E-state index contributed by atoms with van der Waals surface area (Å²) in [7, 11) is 0. The molecule has 1 aromatic carbocycles. The molecule has 6 nitrogen and oxygen atoms in total. The molecule has 1 N–H and O–H groups in total. The molecule has 0 aliphatic heterocycles. The van der Waals surface area contributed by atoms with Gasteiger partial charge in [-0.05, 0) is 18.9 Å². The molecule has 6 heteroatoms. The molecule has 0 atom stereocenters. The number of nitrogens with one attached hydrogen (secondary N) is 1. The van der Waals surface area contributed by atoms with Crippen molar-refractivity contribution in [2.45, 2.75) is 39.5 Å². The van der Waals surface area contributed by atoms with E-state index in [1.54, 1.807) is 6.33 Å². The van der Waals surface area contributed by atoms with Gasteiger partial charge in [-0.1, -0.05) is 36.4 Å². The van der Waals surface area contributed by atoms with Gasteiger partial charge in [0.2, 0.25) is 0 Å². The molecule has 0 radical (unpaired) electrons. The van der Waals surface area contributed by atoms with Crippen LogP contribution in [-0.2, 0) is 32.6 Å². The molecule has 0 amide bonds. The fourth-order valence-electron chi connectivity index (χ4n) is 2.76. The van der Waals surface area contributed by atoms with Gasteiger partial charge < -0.3 is 9.88 Å². The Labute approximate surface area is 148 Å². The van der Waals surface area contributed by atoms with Crippen LogP contribution in [0.25, 0.3) is 0 Å². The van der Waals surface area contributed by atoms with Crippen molar-refractivity contribution in [2.24, 2.45) is 0 Å². The topological polar surface area (TPSA) is 60.6 Å². The number of aromatic nitrogens is 5. The molecule has 2 aromatic heterocycles. The molecule has 3 aromatic rings. The highest BCUT2D eigenvalue weighted by Gasteiger charge is 2.07. The van der Waals surface area contributed by atoms with Crippen LogP contribution in [0.5, 0.6) is 0 Å². The summed E-state index contributed by atoms with van der Waals surface area (Å²) in [6.07, 6.45) is 6.68. The monoisotopic (exact) mass is 336 g/mol. The summed E-state index contributed by atoms with van der Waals surface area (Å²) in [4.78, 5) is 0. The lowest BCUT2D eigenvalue weighted by Gasteiger charge is -2.08. The first-order chi connectivity index (χ1) is 12.3. The van der Waals surface area contributed by atoms with Gasteiger partial charge in [-0.2, -0.15) is 5.10 Å². The first kappa shape index (κ1) is 17.1. The number of hydrogen-bond acceptors (Lipinski definition) is 4. The van der Waals surface area contributed by atoms with Gasteiger partial charge in [-0.15, -0.1) is 16.8 Å². The second-order valence-corrected chi connectivity index (χ2v) is 6.03.